The van der Waals surface area contributed by atoms with E-state index >= 15 is 0 Å². The van der Waals surface area contributed by atoms with Gasteiger partial charge in [0.25, 0.3) is 0 Å². The maximum Gasteiger partial charge on any atom is 0.224 e. The largest absolute Gasteiger partial charge is 0.354 e. The molecule has 0 bridgehead atoms. The lowest BCUT2D eigenvalue weighted by atomic mass is 10.0. The average molecular weight is 355 g/mol. The molecule has 140 valence electrons. The molecule has 3 N–H and O–H groups in total. The molecule has 0 saturated heterocycles. The maximum absolute atomic E-state index is 12.0. The number of nitrogens with zero attached hydrogens (tertiary/aromatic N) is 2. The van der Waals surface area contributed by atoms with Crippen molar-refractivity contribution in [2.75, 3.05) is 23.7 Å². The molecule has 0 atom stereocenters. The van der Waals surface area contributed by atoms with Crippen LogP contribution >= 0.6 is 0 Å². The highest BCUT2D eigenvalue weighted by atomic mass is 16.1. The Bertz CT molecular complexity index is 711. The lowest BCUT2D eigenvalue weighted by Gasteiger charge is -2.13. The van der Waals surface area contributed by atoms with E-state index in [2.05, 4.69) is 45.0 Å². The average Bonchev–Trinajstić information content (AvgIpc) is 2.61. The van der Waals surface area contributed by atoms with E-state index in [1.54, 1.807) is 0 Å². The van der Waals surface area contributed by atoms with E-state index in [1.807, 2.05) is 39.0 Å². The second-order valence-electron chi connectivity index (χ2n) is 6.44. The molecule has 2 rings (SSSR count). The molecule has 0 saturated carbocycles. The summed E-state index contributed by atoms with van der Waals surface area (Å²) in [6.07, 6.45) is 1.73. The minimum Gasteiger partial charge on any atom is -0.354 e. The van der Waals surface area contributed by atoms with Crippen molar-refractivity contribution in [3.63, 3.8) is 0 Å². The van der Waals surface area contributed by atoms with Crippen LogP contribution in [0.5, 0.6) is 0 Å². The third kappa shape index (κ3) is 6.02. The fraction of sp³-hybridized carbons (Fsp3) is 0.450. The molecule has 6 heteroatoms. The lowest BCUT2D eigenvalue weighted by molar-refractivity contribution is -0.125. The molecular formula is C20H29N5O. The van der Waals surface area contributed by atoms with Crippen molar-refractivity contribution >= 4 is 23.4 Å². The Balaban J connectivity index is 1.89. The lowest BCUT2D eigenvalue weighted by Crippen LogP contribution is -2.33. The summed E-state index contributed by atoms with van der Waals surface area (Å²) < 4.78 is 0. The Morgan fingerprint density at radius 1 is 1.04 bits per heavy atom. The van der Waals surface area contributed by atoms with Crippen molar-refractivity contribution in [1.82, 2.24) is 15.3 Å². The van der Waals surface area contributed by atoms with Crippen molar-refractivity contribution in [2.24, 2.45) is 5.92 Å². The molecule has 0 aliphatic carbocycles. The summed E-state index contributed by atoms with van der Waals surface area (Å²) in [6.45, 7) is 9.20. The zero-order chi connectivity index (χ0) is 18.9. The van der Waals surface area contributed by atoms with Gasteiger partial charge in [-0.2, -0.15) is 4.98 Å². The second kappa shape index (κ2) is 9.75. The van der Waals surface area contributed by atoms with Crippen LogP contribution in [-0.2, 0) is 4.79 Å². The first-order valence-electron chi connectivity index (χ1n) is 9.22. The van der Waals surface area contributed by atoms with E-state index < -0.39 is 0 Å². The van der Waals surface area contributed by atoms with E-state index in [4.69, 9.17) is 0 Å². The Morgan fingerprint density at radius 3 is 2.38 bits per heavy atom. The number of aromatic nitrogens is 2. The van der Waals surface area contributed by atoms with Crippen LogP contribution in [0.25, 0.3) is 0 Å². The molecule has 0 fully saturated rings. The molecule has 0 aliphatic rings. The van der Waals surface area contributed by atoms with Gasteiger partial charge in [0.2, 0.25) is 11.9 Å². The normalized spacial score (nSPS) is 10.7. The quantitative estimate of drug-likeness (QED) is 0.596. The number of hydrogen-bond donors (Lipinski definition) is 3. The first-order valence-corrected chi connectivity index (χ1v) is 9.22. The fourth-order valence-electron chi connectivity index (χ4n) is 2.66. The van der Waals surface area contributed by atoms with Crippen molar-refractivity contribution in [1.29, 1.82) is 0 Å². The van der Waals surface area contributed by atoms with Crippen LogP contribution in [0.1, 0.15) is 37.9 Å². The molecular weight excluding hydrogens is 326 g/mol. The van der Waals surface area contributed by atoms with Gasteiger partial charge in [-0.1, -0.05) is 31.5 Å². The zero-order valence-corrected chi connectivity index (χ0v) is 16.1. The van der Waals surface area contributed by atoms with E-state index in [9.17, 15) is 4.79 Å². The van der Waals surface area contributed by atoms with E-state index in [-0.39, 0.29) is 11.8 Å². The summed E-state index contributed by atoms with van der Waals surface area (Å²) in [4.78, 5) is 20.9. The highest BCUT2D eigenvalue weighted by Gasteiger charge is 2.12. The van der Waals surface area contributed by atoms with Gasteiger partial charge < -0.3 is 16.0 Å². The van der Waals surface area contributed by atoms with Crippen molar-refractivity contribution in [3.05, 3.63) is 41.6 Å². The maximum atomic E-state index is 12.0. The van der Waals surface area contributed by atoms with Crippen LogP contribution < -0.4 is 16.0 Å². The topological polar surface area (TPSA) is 78.9 Å². The summed E-state index contributed by atoms with van der Waals surface area (Å²) in [7, 11) is 0. The number of amides is 1. The number of aryl methyl sites for hydroxylation is 2. The van der Waals surface area contributed by atoms with Gasteiger partial charge in [0.1, 0.15) is 5.82 Å². The van der Waals surface area contributed by atoms with Crippen LogP contribution in [-0.4, -0.2) is 29.0 Å². The van der Waals surface area contributed by atoms with E-state index in [1.165, 1.54) is 5.56 Å². The molecule has 1 aromatic heterocycles. The predicted octanol–water partition coefficient (Wildman–Crippen LogP) is 3.80. The monoisotopic (exact) mass is 355 g/mol. The van der Waals surface area contributed by atoms with Crippen LogP contribution in [0.2, 0.25) is 0 Å². The Hall–Kier alpha value is -2.63. The van der Waals surface area contributed by atoms with Crippen LogP contribution in [0.15, 0.2) is 30.3 Å². The number of rotatable bonds is 9. The third-order valence-electron chi connectivity index (χ3n) is 4.24. The van der Waals surface area contributed by atoms with Crippen molar-refractivity contribution < 1.29 is 4.79 Å². The summed E-state index contributed by atoms with van der Waals surface area (Å²) in [5.41, 5.74) is 3.07. The number of hydrogen-bond acceptors (Lipinski definition) is 5. The second-order valence-corrected chi connectivity index (χ2v) is 6.44. The molecule has 1 heterocycles. The number of anilines is 3. The minimum atomic E-state index is 0.0931. The third-order valence-corrected chi connectivity index (χ3v) is 4.24. The van der Waals surface area contributed by atoms with Gasteiger partial charge in [-0.05, 0) is 38.8 Å². The Kier molecular flexibility index (Phi) is 7.38. The Labute approximate surface area is 155 Å². The smallest absolute Gasteiger partial charge is 0.224 e. The number of nitrogens with one attached hydrogen (secondary N) is 3. The van der Waals surface area contributed by atoms with Gasteiger partial charge in [-0.3, -0.25) is 4.79 Å². The van der Waals surface area contributed by atoms with E-state index in [0.29, 0.717) is 19.0 Å². The molecule has 0 radical (unpaired) electrons. The molecule has 0 aliphatic heterocycles. The van der Waals surface area contributed by atoms with Gasteiger partial charge in [-0.25, -0.2) is 4.98 Å². The van der Waals surface area contributed by atoms with Gasteiger partial charge in [0.05, 0.1) is 0 Å². The minimum absolute atomic E-state index is 0.0931. The molecule has 6 nitrogen and oxygen atoms in total. The van der Waals surface area contributed by atoms with Crippen LogP contribution in [0, 0.1) is 19.8 Å². The summed E-state index contributed by atoms with van der Waals surface area (Å²) in [5.74, 6) is 1.50. The van der Waals surface area contributed by atoms with Gasteiger partial charge in [-0.15, -0.1) is 0 Å². The van der Waals surface area contributed by atoms with Crippen molar-refractivity contribution in [3.8, 4) is 0 Å². The number of carbonyl (C=O) groups excluding carboxylic acids is 1. The SMILES string of the molecule is CCC(CC)C(=O)NCCNc1nc(C)cc(Nc2ccc(C)cc2)n1. The molecule has 1 aromatic carbocycles. The summed E-state index contributed by atoms with van der Waals surface area (Å²) in [5, 5.41) is 9.42. The highest BCUT2D eigenvalue weighted by molar-refractivity contribution is 5.78. The van der Waals surface area contributed by atoms with Crippen LogP contribution in [0.3, 0.4) is 0 Å². The molecule has 26 heavy (non-hydrogen) atoms. The zero-order valence-electron chi connectivity index (χ0n) is 16.1. The number of benzene rings is 1. The van der Waals surface area contributed by atoms with Crippen molar-refractivity contribution in [2.45, 2.75) is 40.5 Å². The molecule has 1 amide bonds. The summed E-state index contributed by atoms with van der Waals surface area (Å²) in [6, 6.07) is 10.1. The first-order chi connectivity index (χ1) is 12.5. The van der Waals surface area contributed by atoms with Gasteiger partial charge >= 0.3 is 0 Å². The van der Waals surface area contributed by atoms with E-state index in [0.717, 1.165) is 30.0 Å². The Morgan fingerprint density at radius 2 is 1.73 bits per heavy atom. The van der Waals surface area contributed by atoms with Gasteiger partial charge in [0, 0.05) is 36.5 Å². The van der Waals surface area contributed by atoms with Crippen LogP contribution in [0.4, 0.5) is 17.5 Å². The molecule has 0 spiro atoms. The highest BCUT2D eigenvalue weighted by Crippen LogP contribution is 2.17. The first kappa shape index (κ1) is 19.7. The summed E-state index contributed by atoms with van der Waals surface area (Å²) >= 11 is 0. The molecule has 0 unspecified atom stereocenters. The molecule has 2 aromatic rings. The predicted molar refractivity (Wildman–Crippen MR) is 107 cm³/mol. The van der Waals surface area contributed by atoms with Gasteiger partial charge in [0.15, 0.2) is 0 Å². The fourth-order valence-corrected chi connectivity index (χ4v) is 2.66. The number of carbonyl (C=O) groups is 1. The standard InChI is InChI=1S/C20H29N5O/c1-5-16(6-2)19(26)21-11-12-22-20-23-15(4)13-18(25-20)24-17-9-7-14(3)8-10-17/h7-10,13,16H,5-6,11-12H2,1-4H3,(H,21,26)(H2,22,23,24,25).